The van der Waals surface area contributed by atoms with E-state index >= 15 is 0 Å². The molecule has 11 rings (SSSR count). The normalized spacial score (nSPS) is 11.9. The van der Waals surface area contributed by atoms with E-state index in [1.807, 2.05) is 42.5 Å². The number of hydrogen-bond acceptors (Lipinski definition) is 4. The molecule has 6 nitrogen and oxygen atoms in total. The molecule has 0 radical (unpaired) electrons. The van der Waals surface area contributed by atoms with E-state index in [1.54, 1.807) is 0 Å². The van der Waals surface area contributed by atoms with Crippen LogP contribution in [0.2, 0.25) is 0 Å². The Morgan fingerprint density at radius 3 is 1.59 bits per heavy atom. The number of rotatable bonds is 4. The van der Waals surface area contributed by atoms with E-state index in [0.29, 0.717) is 17.6 Å². The minimum Gasteiger partial charge on any atom is -0.456 e. The molecule has 0 unspecified atom stereocenters. The lowest BCUT2D eigenvalue weighted by Crippen LogP contribution is -2.06. The van der Waals surface area contributed by atoms with Gasteiger partial charge in [0.05, 0.1) is 22.1 Å². The molecule has 51 heavy (non-hydrogen) atoms. The van der Waals surface area contributed by atoms with Gasteiger partial charge in [-0.1, -0.05) is 115 Å². The Morgan fingerprint density at radius 1 is 0.353 bits per heavy atom. The van der Waals surface area contributed by atoms with E-state index in [0.717, 1.165) is 77.0 Å². The first-order valence-electron chi connectivity index (χ1n) is 17.0. The lowest BCUT2D eigenvalue weighted by Gasteiger charge is -2.12. The molecule has 6 heteroatoms. The van der Waals surface area contributed by atoms with Crippen molar-refractivity contribution in [2.45, 2.75) is 0 Å². The average Bonchev–Trinajstić information content (AvgIpc) is 3.85. The molecule has 0 bridgehead atoms. The van der Waals surface area contributed by atoms with Crippen LogP contribution in [0.25, 0.3) is 100.0 Å². The molecule has 238 valence electrons. The SMILES string of the molecule is c1ccc(-c2nc(-c3ccc4c5ccccc5n(-c5ccc6c(c5)oc5ccccc56)c4c3)nc(-n3c4ccccc4c4ccccc43)n2)cc1. The van der Waals surface area contributed by atoms with Gasteiger partial charge in [-0.3, -0.25) is 4.57 Å². The summed E-state index contributed by atoms with van der Waals surface area (Å²) in [5, 5.41) is 6.86. The second kappa shape index (κ2) is 10.7. The highest BCUT2D eigenvalue weighted by Crippen LogP contribution is 2.37. The summed E-state index contributed by atoms with van der Waals surface area (Å²) < 4.78 is 10.8. The largest absolute Gasteiger partial charge is 0.456 e. The van der Waals surface area contributed by atoms with Crippen molar-refractivity contribution in [1.29, 1.82) is 0 Å². The highest BCUT2D eigenvalue weighted by atomic mass is 16.3. The molecule has 4 aromatic heterocycles. The van der Waals surface area contributed by atoms with E-state index < -0.39 is 0 Å². The van der Waals surface area contributed by atoms with Crippen LogP contribution in [0.5, 0.6) is 0 Å². The average molecular weight is 654 g/mol. The molecule has 0 fully saturated rings. The van der Waals surface area contributed by atoms with Crippen molar-refractivity contribution < 1.29 is 4.42 Å². The molecule has 0 amide bonds. The summed E-state index contributed by atoms with van der Waals surface area (Å²) in [5.74, 6) is 1.80. The predicted molar refractivity (Wildman–Crippen MR) is 207 cm³/mol. The zero-order chi connectivity index (χ0) is 33.5. The first-order valence-corrected chi connectivity index (χ1v) is 17.0. The van der Waals surface area contributed by atoms with Gasteiger partial charge in [-0.2, -0.15) is 9.97 Å². The molecule has 0 N–H and O–H groups in total. The smallest absolute Gasteiger partial charge is 0.238 e. The molecule has 4 heterocycles. The van der Waals surface area contributed by atoms with E-state index in [4.69, 9.17) is 19.4 Å². The maximum absolute atomic E-state index is 6.33. The van der Waals surface area contributed by atoms with Crippen LogP contribution in [0.15, 0.2) is 168 Å². The molecule has 0 aliphatic rings. The molecular weight excluding hydrogens is 627 g/mol. The van der Waals surface area contributed by atoms with Crippen molar-refractivity contribution in [3.8, 4) is 34.4 Å². The number of aromatic nitrogens is 5. The van der Waals surface area contributed by atoms with Crippen LogP contribution >= 0.6 is 0 Å². The standard InChI is InChI=1S/C45H27N5O/c1-2-12-28(13-3-1)43-46-44(48-45(47-43)50-38-19-9-5-14-31(38)32-15-6-10-20-39(32)50)29-22-24-34-33-16-4-8-18-37(33)49(40(34)26-29)30-23-25-36-35-17-7-11-21-41(35)51-42(36)27-30/h1-27H. The predicted octanol–water partition coefficient (Wildman–Crippen LogP) is 11.3. The molecular formula is C45H27N5O. The second-order valence-electron chi connectivity index (χ2n) is 12.9. The van der Waals surface area contributed by atoms with Crippen molar-refractivity contribution in [2.75, 3.05) is 0 Å². The van der Waals surface area contributed by atoms with E-state index in [-0.39, 0.29) is 0 Å². The fourth-order valence-electron chi connectivity index (χ4n) is 7.69. The van der Waals surface area contributed by atoms with Gasteiger partial charge in [0.1, 0.15) is 11.2 Å². The maximum atomic E-state index is 6.33. The highest BCUT2D eigenvalue weighted by Gasteiger charge is 2.20. The minimum atomic E-state index is 0.576. The Bertz CT molecular complexity index is 3100. The monoisotopic (exact) mass is 653 g/mol. The Morgan fingerprint density at radius 2 is 0.882 bits per heavy atom. The van der Waals surface area contributed by atoms with Gasteiger partial charge in [0.2, 0.25) is 5.95 Å². The second-order valence-corrected chi connectivity index (χ2v) is 12.9. The van der Waals surface area contributed by atoms with Crippen LogP contribution in [0.4, 0.5) is 0 Å². The molecule has 7 aromatic carbocycles. The van der Waals surface area contributed by atoms with E-state index in [9.17, 15) is 0 Å². The number of hydrogen-bond donors (Lipinski definition) is 0. The zero-order valence-corrected chi connectivity index (χ0v) is 27.2. The van der Waals surface area contributed by atoms with Crippen LogP contribution in [-0.2, 0) is 0 Å². The lowest BCUT2D eigenvalue weighted by atomic mass is 10.1. The van der Waals surface area contributed by atoms with Crippen molar-refractivity contribution in [1.82, 2.24) is 24.1 Å². The fraction of sp³-hybridized carbons (Fsp3) is 0. The van der Waals surface area contributed by atoms with Crippen LogP contribution in [0, 0.1) is 0 Å². The first kappa shape index (κ1) is 27.9. The summed E-state index contributed by atoms with van der Waals surface area (Å²) in [6.07, 6.45) is 0. The quantitative estimate of drug-likeness (QED) is 0.190. The van der Waals surface area contributed by atoms with Crippen LogP contribution in [-0.4, -0.2) is 24.1 Å². The Balaban J connectivity index is 1.17. The number of fused-ring (bicyclic) bond motifs is 9. The first-order chi connectivity index (χ1) is 25.3. The molecule has 11 aromatic rings. The van der Waals surface area contributed by atoms with E-state index in [1.165, 1.54) is 5.39 Å². The zero-order valence-electron chi connectivity index (χ0n) is 27.2. The van der Waals surface area contributed by atoms with Gasteiger partial charge in [-0.05, 0) is 42.5 Å². The van der Waals surface area contributed by atoms with Gasteiger partial charge in [0.25, 0.3) is 0 Å². The highest BCUT2D eigenvalue weighted by molar-refractivity contribution is 6.11. The van der Waals surface area contributed by atoms with Gasteiger partial charge < -0.3 is 8.98 Å². The summed E-state index contributed by atoms with van der Waals surface area (Å²) in [5.41, 5.74) is 8.87. The Hall–Kier alpha value is -7.05. The summed E-state index contributed by atoms with van der Waals surface area (Å²) in [7, 11) is 0. The van der Waals surface area contributed by atoms with E-state index in [2.05, 4.69) is 130 Å². The van der Waals surface area contributed by atoms with Gasteiger partial charge in [0.15, 0.2) is 11.6 Å². The number of para-hydroxylation sites is 4. The van der Waals surface area contributed by atoms with Gasteiger partial charge >= 0.3 is 0 Å². The van der Waals surface area contributed by atoms with Crippen molar-refractivity contribution in [2.24, 2.45) is 0 Å². The van der Waals surface area contributed by atoms with Crippen molar-refractivity contribution in [3.63, 3.8) is 0 Å². The Labute approximate surface area is 291 Å². The third-order valence-corrected chi connectivity index (χ3v) is 9.99. The van der Waals surface area contributed by atoms with Crippen LogP contribution in [0.3, 0.4) is 0 Å². The summed E-state index contributed by atoms with van der Waals surface area (Å²) in [4.78, 5) is 15.4. The fourth-order valence-corrected chi connectivity index (χ4v) is 7.69. The number of benzene rings is 7. The van der Waals surface area contributed by atoms with Gasteiger partial charge in [-0.15, -0.1) is 0 Å². The lowest BCUT2D eigenvalue weighted by molar-refractivity contribution is 0.668. The minimum absolute atomic E-state index is 0.576. The van der Waals surface area contributed by atoms with Gasteiger partial charge in [-0.25, -0.2) is 4.98 Å². The topological polar surface area (TPSA) is 61.7 Å². The third-order valence-electron chi connectivity index (χ3n) is 9.99. The maximum Gasteiger partial charge on any atom is 0.238 e. The molecule has 0 aliphatic heterocycles. The molecule has 0 aliphatic carbocycles. The molecule has 0 saturated heterocycles. The molecule has 0 saturated carbocycles. The van der Waals surface area contributed by atoms with Crippen LogP contribution in [0.1, 0.15) is 0 Å². The molecule has 0 spiro atoms. The summed E-state index contributed by atoms with van der Waals surface area (Å²) in [6.45, 7) is 0. The summed E-state index contributed by atoms with van der Waals surface area (Å²) in [6, 6.07) is 56.7. The summed E-state index contributed by atoms with van der Waals surface area (Å²) >= 11 is 0. The third kappa shape index (κ3) is 4.20. The van der Waals surface area contributed by atoms with Crippen LogP contribution < -0.4 is 0 Å². The number of nitrogens with zero attached hydrogens (tertiary/aromatic N) is 5. The Kier molecular flexibility index (Phi) is 5.86. The molecule has 0 atom stereocenters. The van der Waals surface area contributed by atoms with Gasteiger partial charge in [0, 0.05) is 55.2 Å². The number of furan rings is 1. The van der Waals surface area contributed by atoms with Crippen molar-refractivity contribution >= 4 is 65.6 Å². The van der Waals surface area contributed by atoms with Crippen molar-refractivity contribution in [3.05, 3.63) is 164 Å².